The molecule has 2 fully saturated rings. The van der Waals surface area contributed by atoms with E-state index in [-0.39, 0.29) is 35.8 Å². The second-order valence-corrected chi connectivity index (χ2v) is 5.94. The van der Waals surface area contributed by atoms with Crippen LogP contribution in [0.5, 0.6) is 5.75 Å². The Balaban J connectivity index is 2.08. The Bertz CT molecular complexity index is 621. The average molecular weight is 304 g/mol. The summed E-state index contributed by atoms with van der Waals surface area (Å²) in [6.07, 6.45) is -0.406. The van der Waals surface area contributed by atoms with Crippen molar-refractivity contribution < 1.29 is 14.7 Å². The van der Waals surface area contributed by atoms with Gasteiger partial charge in [0.2, 0.25) is 0 Å². The zero-order chi connectivity index (χ0) is 16.0. The molecule has 7 heteroatoms. The van der Waals surface area contributed by atoms with Crippen LogP contribution in [0.3, 0.4) is 0 Å². The van der Waals surface area contributed by atoms with Crippen molar-refractivity contribution in [1.29, 1.82) is 0 Å². The smallest absolute Gasteiger partial charge is 0.319 e. The Morgan fingerprint density at radius 1 is 1.05 bits per heavy atom. The molecule has 3 rings (SSSR count). The minimum Gasteiger partial charge on any atom is -0.508 e. The first-order valence-corrected chi connectivity index (χ1v) is 7.26. The number of phenolic OH excluding ortho intramolecular Hbond substituents is 1. The molecule has 2 heterocycles. The van der Waals surface area contributed by atoms with Crippen LogP contribution in [0, 0.1) is 5.92 Å². The minimum atomic E-state index is -0.406. The number of aromatic hydroxyl groups is 1. The molecule has 1 aromatic rings. The van der Waals surface area contributed by atoms with Crippen LogP contribution in [0.15, 0.2) is 24.3 Å². The van der Waals surface area contributed by atoms with Crippen LogP contribution in [-0.2, 0) is 0 Å². The number of para-hydroxylation sites is 1. The molecule has 3 N–H and O–H groups in total. The summed E-state index contributed by atoms with van der Waals surface area (Å²) in [6.45, 7) is 1.92. The molecule has 0 aromatic heterocycles. The zero-order valence-electron chi connectivity index (χ0n) is 12.8. The van der Waals surface area contributed by atoms with Gasteiger partial charge < -0.3 is 25.5 Å². The second kappa shape index (κ2) is 5.08. The fraction of sp³-hybridized carbons (Fsp3) is 0.467. The van der Waals surface area contributed by atoms with Gasteiger partial charge in [-0.15, -0.1) is 0 Å². The first kappa shape index (κ1) is 14.5. The summed E-state index contributed by atoms with van der Waals surface area (Å²) in [5, 5.41) is 16.0. The highest BCUT2D eigenvalue weighted by Crippen LogP contribution is 2.41. The maximum atomic E-state index is 12.3. The Morgan fingerprint density at radius 2 is 1.68 bits per heavy atom. The lowest BCUT2D eigenvalue weighted by molar-refractivity contribution is 0.0241. The van der Waals surface area contributed by atoms with Crippen molar-refractivity contribution in [3.63, 3.8) is 0 Å². The molecule has 4 atom stereocenters. The lowest BCUT2D eigenvalue weighted by atomic mass is 9.81. The number of carbonyl (C=O) groups excluding carboxylic acids is 2. The Hall–Kier alpha value is -2.44. The molecule has 0 bridgehead atoms. The largest absolute Gasteiger partial charge is 0.508 e. The van der Waals surface area contributed by atoms with Gasteiger partial charge in [0, 0.05) is 31.6 Å². The highest BCUT2D eigenvalue weighted by Gasteiger charge is 2.50. The van der Waals surface area contributed by atoms with Crippen molar-refractivity contribution >= 4 is 12.1 Å². The standard InChI is InChI=1S/C15H20N4O3/c1-8-11-12(9-6-4-5-7-10(9)20)18(2)15(22)17-13(11)19(3)14(21)16-8/h4-8,11-13,20H,1-3H3,(H,16,21)(H,17,22)/t8-,11+,12-,13-/m1/s1. The van der Waals surface area contributed by atoms with E-state index in [1.165, 1.54) is 4.90 Å². The van der Waals surface area contributed by atoms with Gasteiger partial charge in [-0.1, -0.05) is 18.2 Å². The third-order valence-electron chi connectivity index (χ3n) is 4.66. The summed E-state index contributed by atoms with van der Waals surface area (Å²) in [5.41, 5.74) is 0.686. The predicted molar refractivity (Wildman–Crippen MR) is 80.2 cm³/mol. The Morgan fingerprint density at radius 3 is 2.36 bits per heavy atom. The van der Waals surface area contributed by atoms with Gasteiger partial charge in [0.25, 0.3) is 0 Å². The molecule has 2 saturated heterocycles. The van der Waals surface area contributed by atoms with Crippen molar-refractivity contribution in [1.82, 2.24) is 20.4 Å². The molecular formula is C15H20N4O3. The van der Waals surface area contributed by atoms with E-state index in [0.29, 0.717) is 5.56 Å². The van der Waals surface area contributed by atoms with Crippen LogP contribution in [0.4, 0.5) is 9.59 Å². The van der Waals surface area contributed by atoms with Gasteiger partial charge >= 0.3 is 12.1 Å². The van der Waals surface area contributed by atoms with Crippen LogP contribution in [-0.4, -0.2) is 53.3 Å². The van der Waals surface area contributed by atoms with E-state index in [9.17, 15) is 14.7 Å². The minimum absolute atomic E-state index is 0.0845. The quantitative estimate of drug-likeness (QED) is 0.725. The van der Waals surface area contributed by atoms with Crippen molar-refractivity contribution in [2.24, 2.45) is 5.92 Å². The SMILES string of the molecule is C[C@H]1NC(=O)N(C)[C@H]2NC(=O)N(C)[C@H](c3ccccc3O)[C@H]12. The molecule has 118 valence electrons. The third kappa shape index (κ3) is 2.04. The summed E-state index contributed by atoms with van der Waals surface area (Å²) >= 11 is 0. The highest BCUT2D eigenvalue weighted by molar-refractivity contribution is 5.80. The Kier molecular flexibility index (Phi) is 3.35. The molecule has 2 aliphatic rings. The number of amides is 4. The molecular weight excluding hydrogens is 284 g/mol. The summed E-state index contributed by atoms with van der Waals surface area (Å²) in [4.78, 5) is 27.3. The Labute approximate surface area is 128 Å². The van der Waals surface area contributed by atoms with Crippen LogP contribution in [0.2, 0.25) is 0 Å². The van der Waals surface area contributed by atoms with E-state index < -0.39 is 6.17 Å². The molecule has 22 heavy (non-hydrogen) atoms. The number of urea groups is 2. The highest BCUT2D eigenvalue weighted by atomic mass is 16.3. The average Bonchev–Trinajstić information content (AvgIpc) is 2.48. The second-order valence-electron chi connectivity index (χ2n) is 5.94. The molecule has 0 spiro atoms. The van der Waals surface area contributed by atoms with Gasteiger partial charge in [-0.25, -0.2) is 9.59 Å². The topological polar surface area (TPSA) is 84.9 Å². The number of phenols is 1. The number of hydrogen-bond donors (Lipinski definition) is 3. The summed E-state index contributed by atoms with van der Waals surface area (Å²) in [5.74, 6) is 0.0678. The number of hydrogen-bond acceptors (Lipinski definition) is 3. The molecule has 0 unspecified atom stereocenters. The van der Waals surface area contributed by atoms with E-state index in [1.54, 1.807) is 31.1 Å². The van der Waals surface area contributed by atoms with Crippen molar-refractivity contribution in [2.75, 3.05) is 14.1 Å². The molecule has 0 radical (unpaired) electrons. The number of rotatable bonds is 1. The van der Waals surface area contributed by atoms with Crippen molar-refractivity contribution in [3.8, 4) is 5.75 Å². The van der Waals surface area contributed by atoms with Crippen LogP contribution in [0.1, 0.15) is 18.5 Å². The fourth-order valence-corrected chi connectivity index (χ4v) is 3.46. The van der Waals surface area contributed by atoms with Crippen LogP contribution < -0.4 is 10.6 Å². The van der Waals surface area contributed by atoms with Gasteiger partial charge in [-0.2, -0.15) is 0 Å². The third-order valence-corrected chi connectivity index (χ3v) is 4.66. The van der Waals surface area contributed by atoms with Crippen LogP contribution in [0.25, 0.3) is 0 Å². The van der Waals surface area contributed by atoms with Gasteiger partial charge in [-0.05, 0) is 13.0 Å². The molecule has 1 aromatic carbocycles. The summed E-state index contributed by atoms with van der Waals surface area (Å²) < 4.78 is 0. The van der Waals surface area contributed by atoms with Gasteiger partial charge in [0.1, 0.15) is 11.9 Å². The lowest BCUT2D eigenvalue weighted by Gasteiger charge is -2.52. The normalized spacial score (nSPS) is 31.4. The van der Waals surface area contributed by atoms with Crippen molar-refractivity contribution in [3.05, 3.63) is 29.8 Å². The van der Waals surface area contributed by atoms with E-state index in [2.05, 4.69) is 10.6 Å². The number of nitrogens with zero attached hydrogens (tertiary/aromatic N) is 2. The van der Waals surface area contributed by atoms with E-state index in [4.69, 9.17) is 0 Å². The molecule has 7 nitrogen and oxygen atoms in total. The van der Waals surface area contributed by atoms with E-state index >= 15 is 0 Å². The van der Waals surface area contributed by atoms with Crippen LogP contribution >= 0.6 is 0 Å². The maximum absolute atomic E-state index is 12.3. The molecule has 0 saturated carbocycles. The van der Waals surface area contributed by atoms with Gasteiger partial charge in [0.15, 0.2) is 0 Å². The molecule has 0 aliphatic carbocycles. The zero-order valence-corrected chi connectivity index (χ0v) is 12.8. The monoisotopic (exact) mass is 304 g/mol. The van der Waals surface area contributed by atoms with Crippen molar-refractivity contribution in [2.45, 2.75) is 25.2 Å². The first-order chi connectivity index (χ1) is 10.4. The van der Waals surface area contributed by atoms with E-state index in [1.807, 2.05) is 19.1 Å². The first-order valence-electron chi connectivity index (χ1n) is 7.26. The summed E-state index contributed by atoms with van der Waals surface area (Å²) in [7, 11) is 3.36. The lowest BCUT2D eigenvalue weighted by Crippen LogP contribution is -2.71. The number of carbonyl (C=O) groups is 2. The molecule has 4 amide bonds. The maximum Gasteiger partial charge on any atom is 0.319 e. The number of fused-ring (bicyclic) bond motifs is 1. The summed E-state index contributed by atoms with van der Waals surface area (Å²) in [6, 6.07) is 6.07. The number of nitrogens with one attached hydrogen (secondary N) is 2. The van der Waals surface area contributed by atoms with E-state index in [0.717, 1.165) is 0 Å². The molecule has 2 aliphatic heterocycles. The van der Waals surface area contributed by atoms with Gasteiger partial charge in [0.05, 0.1) is 6.04 Å². The predicted octanol–water partition coefficient (Wildman–Crippen LogP) is 1.07. The fourth-order valence-electron chi connectivity index (χ4n) is 3.46. The van der Waals surface area contributed by atoms with Gasteiger partial charge in [-0.3, -0.25) is 0 Å². The number of benzene rings is 1.